The smallest absolute Gasteiger partial charge is 0.222 e. The highest BCUT2D eigenvalue weighted by Crippen LogP contribution is 2.23. The summed E-state index contributed by atoms with van der Waals surface area (Å²) in [5.74, 6) is 1.62. The Labute approximate surface area is 185 Å². The van der Waals surface area contributed by atoms with E-state index in [0.29, 0.717) is 32.2 Å². The van der Waals surface area contributed by atoms with Gasteiger partial charge in [0.15, 0.2) is 5.96 Å². The zero-order valence-electron chi connectivity index (χ0n) is 17.2. The predicted octanol–water partition coefficient (Wildman–Crippen LogP) is 2.22. The van der Waals surface area contributed by atoms with Crippen molar-refractivity contribution in [2.75, 3.05) is 33.4 Å². The van der Waals surface area contributed by atoms with Gasteiger partial charge in [-0.05, 0) is 18.6 Å². The fourth-order valence-corrected chi connectivity index (χ4v) is 2.67. The Hall–Kier alpha value is -1.55. The molecular formula is C20H33IN4O3. The van der Waals surface area contributed by atoms with Crippen molar-refractivity contribution in [3.05, 3.63) is 29.3 Å². The third-order valence-electron chi connectivity index (χ3n) is 4.32. The molecule has 0 radical (unpaired) electrons. The summed E-state index contributed by atoms with van der Waals surface area (Å²) in [6.45, 7) is 8.97. The molecule has 1 aromatic rings. The molecule has 158 valence electrons. The molecule has 1 heterocycles. The van der Waals surface area contributed by atoms with Gasteiger partial charge in [0.05, 0.1) is 13.2 Å². The number of aliphatic imine (C=N–C) groups is 1. The van der Waals surface area contributed by atoms with Crippen LogP contribution in [0.25, 0.3) is 0 Å². The fourth-order valence-electron chi connectivity index (χ4n) is 2.67. The topological polar surface area (TPSA) is 84.0 Å². The second-order valence-corrected chi connectivity index (χ2v) is 7.01. The second kappa shape index (κ2) is 12.8. The lowest BCUT2D eigenvalue weighted by Crippen LogP contribution is -2.41. The lowest BCUT2D eigenvalue weighted by Gasteiger charge is -2.18. The number of nitrogens with one attached hydrogen (secondary N) is 3. The van der Waals surface area contributed by atoms with Crippen molar-refractivity contribution >= 4 is 35.8 Å². The summed E-state index contributed by atoms with van der Waals surface area (Å²) in [6, 6.07) is 6.21. The number of hydrogen-bond acceptors (Lipinski definition) is 4. The van der Waals surface area contributed by atoms with Gasteiger partial charge in [0.2, 0.25) is 5.91 Å². The van der Waals surface area contributed by atoms with Crippen LogP contribution in [0, 0.1) is 12.8 Å². The van der Waals surface area contributed by atoms with Crippen molar-refractivity contribution < 1.29 is 14.3 Å². The number of benzene rings is 1. The van der Waals surface area contributed by atoms with Crippen molar-refractivity contribution in [3.8, 4) is 5.75 Å². The Kier molecular flexibility index (Phi) is 11.2. The van der Waals surface area contributed by atoms with Crippen LogP contribution < -0.4 is 20.7 Å². The van der Waals surface area contributed by atoms with Crippen molar-refractivity contribution in [2.24, 2.45) is 10.9 Å². The summed E-state index contributed by atoms with van der Waals surface area (Å²) in [7, 11) is 1.73. The molecule has 1 atom stereocenters. The molecule has 8 heteroatoms. The number of aryl methyl sites for hydroxylation is 1. The van der Waals surface area contributed by atoms with Crippen LogP contribution in [0.3, 0.4) is 0 Å². The van der Waals surface area contributed by atoms with Crippen molar-refractivity contribution in [1.82, 2.24) is 16.0 Å². The summed E-state index contributed by atoms with van der Waals surface area (Å²) in [5, 5.41) is 9.37. The van der Waals surface area contributed by atoms with E-state index in [2.05, 4.69) is 46.1 Å². The minimum absolute atomic E-state index is 0. The Morgan fingerprint density at radius 3 is 2.68 bits per heavy atom. The first-order valence-corrected chi connectivity index (χ1v) is 9.55. The summed E-state index contributed by atoms with van der Waals surface area (Å²) in [5.41, 5.74) is 2.24. The fraction of sp³-hybridized carbons (Fsp3) is 0.600. The number of rotatable bonds is 8. The molecule has 1 saturated heterocycles. The highest BCUT2D eigenvalue weighted by molar-refractivity contribution is 14.0. The maximum Gasteiger partial charge on any atom is 0.222 e. The lowest BCUT2D eigenvalue weighted by molar-refractivity contribution is -0.123. The Bertz CT molecular complexity index is 646. The standard InChI is InChI=1S/C20H32N4O3.HI/c1-14(2)19(25)22-8-9-23-20(21-4)24-12-16-6-5-15(3)11-18(16)27-17-7-10-26-13-17;/h5-6,11,14,17H,7-10,12-13H2,1-4H3,(H,22,25)(H2,21,23,24);1H. The van der Waals surface area contributed by atoms with Gasteiger partial charge in [0.1, 0.15) is 11.9 Å². The van der Waals surface area contributed by atoms with Gasteiger partial charge in [-0.25, -0.2) is 0 Å². The van der Waals surface area contributed by atoms with Gasteiger partial charge in [-0.3, -0.25) is 9.79 Å². The Morgan fingerprint density at radius 2 is 2.04 bits per heavy atom. The van der Waals surface area contributed by atoms with E-state index in [-0.39, 0.29) is 41.9 Å². The third-order valence-corrected chi connectivity index (χ3v) is 4.32. The molecule has 1 aliphatic rings. The van der Waals surface area contributed by atoms with Gasteiger partial charge < -0.3 is 25.4 Å². The zero-order chi connectivity index (χ0) is 19.6. The molecule has 0 aromatic heterocycles. The van der Waals surface area contributed by atoms with Gasteiger partial charge in [-0.2, -0.15) is 0 Å². The molecule has 3 N–H and O–H groups in total. The summed E-state index contributed by atoms with van der Waals surface area (Å²) < 4.78 is 11.5. The largest absolute Gasteiger partial charge is 0.488 e. The average Bonchev–Trinajstić information content (AvgIpc) is 3.15. The van der Waals surface area contributed by atoms with Crippen LogP contribution in [0.4, 0.5) is 0 Å². The van der Waals surface area contributed by atoms with Gasteiger partial charge in [0, 0.05) is 44.6 Å². The van der Waals surface area contributed by atoms with E-state index in [0.717, 1.165) is 29.9 Å². The Balaban J connectivity index is 0.00000392. The number of halogens is 1. The number of guanidine groups is 1. The number of carbonyl (C=O) groups excluding carboxylic acids is 1. The monoisotopic (exact) mass is 504 g/mol. The van der Waals surface area contributed by atoms with E-state index in [4.69, 9.17) is 9.47 Å². The van der Waals surface area contributed by atoms with E-state index >= 15 is 0 Å². The molecule has 1 amide bonds. The molecule has 1 aliphatic heterocycles. The zero-order valence-corrected chi connectivity index (χ0v) is 19.5. The quantitative estimate of drug-likeness (QED) is 0.219. The van der Waals surface area contributed by atoms with Crippen LogP contribution in [-0.4, -0.2) is 51.3 Å². The van der Waals surface area contributed by atoms with E-state index in [1.165, 1.54) is 0 Å². The van der Waals surface area contributed by atoms with Crippen molar-refractivity contribution in [1.29, 1.82) is 0 Å². The van der Waals surface area contributed by atoms with Crippen molar-refractivity contribution in [3.63, 3.8) is 0 Å². The van der Waals surface area contributed by atoms with Gasteiger partial charge in [-0.1, -0.05) is 26.0 Å². The van der Waals surface area contributed by atoms with Gasteiger partial charge in [0.25, 0.3) is 0 Å². The first-order valence-electron chi connectivity index (χ1n) is 9.55. The van der Waals surface area contributed by atoms with E-state index in [1.807, 2.05) is 13.8 Å². The van der Waals surface area contributed by atoms with Gasteiger partial charge >= 0.3 is 0 Å². The highest BCUT2D eigenvalue weighted by Gasteiger charge is 2.18. The van der Waals surface area contributed by atoms with Gasteiger partial charge in [-0.15, -0.1) is 24.0 Å². The minimum atomic E-state index is -0.00679. The molecule has 0 bridgehead atoms. The molecule has 1 unspecified atom stereocenters. The number of carbonyl (C=O) groups is 1. The van der Waals surface area contributed by atoms with E-state index < -0.39 is 0 Å². The lowest BCUT2D eigenvalue weighted by atomic mass is 10.1. The first kappa shape index (κ1) is 24.5. The molecule has 28 heavy (non-hydrogen) atoms. The van der Waals surface area contributed by atoms with Crippen LogP contribution in [0.5, 0.6) is 5.75 Å². The van der Waals surface area contributed by atoms with Crippen LogP contribution in [0.1, 0.15) is 31.4 Å². The molecular weight excluding hydrogens is 471 g/mol. The molecule has 1 fully saturated rings. The SMILES string of the molecule is CN=C(NCCNC(=O)C(C)C)NCc1ccc(C)cc1OC1CCOC1.I. The Morgan fingerprint density at radius 1 is 1.29 bits per heavy atom. The van der Waals surface area contributed by atoms with E-state index in [1.54, 1.807) is 7.05 Å². The molecule has 7 nitrogen and oxygen atoms in total. The van der Waals surface area contributed by atoms with Crippen LogP contribution in [-0.2, 0) is 16.1 Å². The van der Waals surface area contributed by atoms with E-state index in [9.17, 15) is 4.79 Å². The first-order chi connectivity index (χ1) is 13.0. The maximum absolute atomic E-state index is 11.6. The van der Waals surface area contributed by atoms with Crippen LogP contribution >= 0.6 is 24.0 Å². The second-order valence-electron chi connectivity index (χ2n) is 7.01. The molecule has 2 rings (SSSR count). The minimum Gasteiger partial charge on any atom is -0.488 e. The number of amides is 1. The average molecular weight is 504 g/mol. The van der Waals surface area contributed by atoms with Crippen molar-refractivity contribution in [2.45, 2.75) is 39.8 Å². The molecule has 0 saturated carbocycles. The predicted molar refractivity (Wildman–Crippen MR) is 122 cm³/mol. The number of ether oxygens (including phenoxy) is 2. The summed E-state index contributed by atoms with van der Waals surface area (Å²) in [4.78, 5) is 15.8. The summed E-state index contributed by atoms with van der Waals surface area (Å²) >= 11 is 0. The molecule has 1 aromatic carbocycles. The number of nitrogens with zero attached hydrogens (tertiary/aromatic N) is 1. The highest BCUT2D eigenvalue weighted by atomic mass is 127. The normalized spacial score (nSPS) is 16.5. The number of hydrogen-bond donors (Lipinski definition) is 3. The molecule has 0 aliphatic carbocycles. The van der Waals surface area contributed by atoms with Crippen LogP contribution in [0.2, 0.25) is 0 Å². The summed E-state index contributed by atoms with van der Waals surface area (Å²) in [6.07, 6.45) is 1.04. The third kappa shape index (κ3) is 8.22. The van der Waals surface area contributed by atoms with Crippen LogP contribution in [0.15, 0.2) is 23.2 Å². The maximum atomic E-state index is 11.6. The molecule has 0 spiro atoms.